The van der Waals surface area contributed by atoms with Crippen LogP contribution in [0.4, 0.5) is 0 Å². The van der Waals surface area contributed by atoms with Gasteiger partial charge in [-0.05, 0) is 182 Å². The summed E-state index contributed by atoms with van der Waals surface area (Å²) in [4.78, 5) is 116. The minimum Gasteiger partial charge on any atom is -0.464 e. The van der Waals surface area contributed by atoms with Crippen molar-refractivity contribution >= 4 is 94.6 Å². The van der Waals surface area contributed by atoms with Crippen LogP contribution in [0.2, 0.25) is 0 Å². The van der Waals surface area contributed by atoms with Crippen LogP contribution in [0.25, 0.3) is 0 Å². The second-order valence-corrected chi connectivity index (χ2v) is 37.7. The third-order valence-electron chi connectivity index (χ3n) is 22.3. The molecule has 2 atom stereocenters. The molecule has 4 rings (SSSR count). The molecule has 0 spiro atoms. The molecular formula is C76H134N4O12S4. The fourth-order valence-corrected chi connectivity index (χ4v) is 19.8. The van der Waals surface area contributed by atoms with Crippen LogP contribution in [-0.4, -0.2) is 194 Å². The summed E-state index contributed by atoms with van der Waals surface area (Å²) in [6, 6.07) is 0. The lowest BCUT2D eigenvalue weighted by Gasteiger charge is -2.40. The first-order valence-electron chi connectivity index (χ1n) is 37.2. The topological polar surface area (TPSA) is 186 Å². The van der Waals surface area contributed by atoms with Gasteiger partial charge in [0.15, 0.2) is 0 Å². The summed E-state index contributed by atoms with van der Waals surface area (Å²) in [7, 11) is 14.4. The van der Waals surface area contributed by atoms with Crippen molar-refractivity contribution in [2.24, 2.45) is 50.7 Å². The van der Waals surface area contributed by atoms with Crippen molar-refractivity contribution in [1.29, 1.82) is 0 Å². The van der Waals surface area contributed by atoms with Gasteiger partial charge >= 0.3 is 23.9 Å². The van der Waals surface area contributed by atoms with E-state index in [1.54, 1.807) is 61.9 Å². The molecule has 0 aliphatic heterocycles. The van der Waals surface area contributed by atoms with Gasteiger partial charge in [0.25, 0.3) is 0 Å². The third-order valence-corrected chi connectivity index (χ3v) is 27.8. The first kappa shape index (κ1) is 85.6. The Hall–Kier alpha value is -2.84. The number of hydrogen-bond donors (Lipinski definition) is 0. The van der Waals surface area contributed by atoms with Crippen LogP contribution in [0.15, 0.2) is 0 Å². The van der Waals surface area contributed by atoms with Gasteiger partial charge in [0.1, 0.15) is 31.8 Å². The normalized spacial score (nSPS) is 24.0. The maximum Gasteiger partial charge on any atom is 0.311 e. The van der Waals surface area contributed by atoms with E-state index in [0.29, 0.717) is 46.7 Å². The Morgan fingerprint density at radius 1 is 0.281 bits per heavy atom. The number of carbonyl (C=O) groups excluding carboxylic acids is 8. The Labute approximate surface area is 599 Å². The molecule has 554 valence electrons. The van der Waals surface area contributed by atoms with E-state index in [1.807, 2.05) is 117 Å². The molecule has 20 heteroatoms. The van der Waals surface area contributed by atoms with Crippen LogP contribution in [0.5, 0.6) is 0 Å². The SMILES string of the molecule is CN(C)C(=O)CCSC1CCCCCC(C(C)(C)C(=O)OCC(COC(=O)C(C)(C)C2CCCC(SCCC(=O)N(C)C)CCC2)(COC(=O)C(C)(C)C2CCCC(SCCC(=O)N(C)C)CCC2)COC(=O)C(C)(C)C2CCCC(SCCC(=O)N(C)C)CCC2)CCCC1. The number of hydrogen-bond acceptors (Lipinski definition) is 16. The maximum atomic E-state index is 15.2. The van der Waals surface area contributed by atoms with Crippen molar-refractivity contribution in [3.63, 3.8) is 0 Å². The highest BCUT2D eigenvalue weighted by Gasteiger charge is 2.48. The Balaban J connectivity index is 1.66. The van der Waals surface area contributed by atoms with E-state index in [1.165, 1.54) is 0 Å². The van der Waals surface area contributed by atoms with Crippen LogP contribution >= 0.6 is 47.0 Å². The lowest BCUT2D eigenvalue weighted by Crippen LogP contribution is -2.48. The van der Waals surface area contributed by atoms with Crippen LogP contribution in [-0.2, 0) is 57.3 Å². The Kier molecular flexibility index (Phi) is 37.9. The zero-order chi connectivity index (χ0) is 71.3. The summed E-state index contributed by atoms with van der Waals surface area (Å²) in [6.07, 6.45) is 27.7. The van der Waals surface area contributed by atoms with Gasteiger partial charge in [-0.3, -0.25) is 38.4 Å². The summed E-state index contributed by atoms with van der Waals surface area (Å²) >= 11 is 7.56. The molecule has 4 fully saturated rings. The molecule has 0 saturated heterocycles. The van der Waals surface area contributed by atoms with Crippen molar-refractivity contribution in [1.82, 2.24) is 19.6 Å². The largest absolute Gasteiger partial charge is 0.464 e. The van der Waals surface area contributed by atoms with E-state index in [0.717, 1.165) is 196 Å². The molecule has 0 N–H and O–H groups in total. The quantitative estimate of drug-likeness (QED) is 0.0457. The Bertz CT molecular complexity index is 2180. The molecule has 16 nitrogen and oxygen atoms in total. The molecule has 4 aliphatic carbocycles. The highest BCUT2D eigenvalue weighted by atomic mass is 32.2. The molecule has 96 heavy (non-hydrogen) atoms. The lowest BCUT2D eigenvalue weighted by atomic mass is 9.72. The lowest BCUT2D eigenvalue weighted by molar-refractivity contribution is -0.185. The van der Waals surface area contributed by atoms with Crippen LogP contribution in [0, 0.1) is 50.7 Å². The summed E-state index contributed by atoms with van der Waals surface area (Å²) in [5.41, 5.74) is -5.11. The van der Waals surface area contributed by atoms with Gasteiger partial charge in [-0.25, -0.2) is 0 Å². The van der Waals surface area contributed by atoms with Gasteiger partial charge in [-0.1, -0.05) is 70.6 Å². The molecule has 0 aromatic rings. The van der Waals surface area contributed by atoms with Gasteiger partial charge in [-0.2, -0.15) is 47.0 Å². The average Bonchev–Trinajstić information content (AvgIpc) is 0.864. The molecule has 4 saturated carbocycles. The van der Waals surface area contributed by atoms with E-state index < -0.39 is 51.0 Å². The second kappa shape index (κ2) is 42.6. The highest BCUT2D eigenvalue weighted by Crippen LogP contribution is 2.45. The number of ether oxygens (including phenoxy) is 4. The van der Waals surface area contributed by atoms with E-state index in [2.05, 4.69) is 0 Å². The first-order chi connectivity index (χ1) is 45.2. The fraction of sp³-hybridized carbons (Fsp3) is 0.895. The first-order valence-corrected chi connectivity index (χ1v) is 41.4. The summed E-state index contributed by atoms with van der Waals surface area (Å²) in [6.45, 7) is 14.5. The van der Waals surface area contributed by atoms with Gasteiger partial charge in [0.2, 0.25) is 23.6 Å². The molecular weight excluding hydrogens is 1290 g/mol. The standard InChI is InChI=1S/C76H134N4O12S4/c1-72(2,56-28-18-17-19-36-60(37-21-20-29-56)93-48-44-64(81)77(9)10)68(85)89-52-76(53-90-69(86)73(3,4)57-30-22-38-61(39-23-31-57)94-49-45-65(82)78(11)12,54-91-70(87)74(5,6)58-32-24-40-62(41-25-33-58)95-50-46-66(83)79(13)14)55-92-71(88)75(7,8)59-34-26-42-63(43-27-35-59)96-51-47-67(84)80(15)16/h56-63H,17-55H2,1-16H3. The zero-order valence-electron chi connectivity index (χ0n) is 63.0. The fourth-order valence-electron chi connectivity index (χ4n) is 14.6. The smallest absolute Gasteiger partial charge is 0.311 e. The maximum absolute atomic E-state index is 15.2. The van der Waals surface area contributed by atoms with Crippen molar-refractivity contribution in [2.45, 2.75) is 275 Å². The molecule has 4 aliphatic rings. The van der Waals surface area contributed by atoms with Gasteiger partial charge < -0.3 is 38.5 Å². The van der Waals surface area contributed by atoms with Crippen molar-refractivity contribution in [3.05, 3.63) is 0 Å². The number of esters is 4. The minimum absolute atomic E-state index is 0.0244. The molecule has 0 radical (unpaired) electrons. The van der Waals surface area contributed by atoms with E-state index in [-0.39, 0.29) is 73.7 Å². The van der Waals surface area contributed by atoms with E-state index in [9.17, 15) is 19.2 Å². The Morgan fingerprint density at radius 2 is 0.458 bits per heavy atom. The van der Waals surface area contributed by atoms with Crippen molar-refractivity contribution in [3.8, 4) is 0 Å². The summed E-state index contributed by atoms with van der Waals surface area (Å²) in [5.74, 6) is 2.24. The van der Waals surface area contributed by atoms with E-state index >= 15 is 19.2 Å². The number of nitrogens with zero attached hydrogens (tertiary/aromatic N) is 4. The molecule has 0 aromatic heterocycles. The van der Waals surface area contributed by atoms with Gasteiger partial charge in [0.05, 0.1) is 21.7 Å². The third kappa shape index (κ3) is 28.9. The van der Waals surface area contributed by atoms with Crippen LogP contribution in [0.3, 0.4) is 0 Å². The van der Waals surface area contributed by atoms with Gasteiger partial charge in [-0.15, -0.1) is 0 Å². The summed E-state index contributed by atoms with van der Waals surface area (Å²) in [5, 5.41) is 1.84. The average molecular weight is 1420 g/mol. The zero-order valence-corrected chi connectivity index (χ0v) is 66.3. The molecule has 0 aromatic carbocycles. The molecule has 0 heterocycles. The summed E-state index contributed by atoms with van der Waals surface area (Å²) < 4.78 is 26.5. The minimum atomic E-state index is -1.48. The number of rotatable bonds is 32. The number of amides is 4. The Morgan fingerprint density at radius 3 is 0.677 bits per heavy atom. The highest BCUT2D eigenvalue weighted by molar-refractivity contribution is 8.00. The number of carbonyl (C=O) groups is 8. The van der Waals surface area contributed by atoms with Crippen molar-refractivity contribution < 1.29 is 57.3 Å². The van der Waals surface area contributed by atoms with Crippen molar-refractivity contribution in [2.75, 3.05) is 106 Å². The predicted molar refractivity (Wildman–Crippen MR) is 398 cm³/mol. The van der Waals surface area contributed by atoms with Crippen LogP contribution < -0.4 is 0 Å². The monoisotopic (exact) mass is 1420 g/mol. The number of thioether (sulfide) groups is 4. The molecule has 0 bridgehead atoms. The molecule has 4 amide bonds. The van der Waals surface area contributed by atoms with Gasteiger partial charge in [0, 0.05) is 126 Å². The molecule has 2 unspecified atom stereocenters. The predicted octanol–water partition coefficient (Wildman–Crippen LogP) is 15.6. The van der Waals surface area contributed by atoms with E-state index in [4.69, 9.17) is 18.9 Å². The second-order valence-electron chi connectivity index (χ2n) is 32.1. The van der Waals surface area contributed by atoms with Crippen LogP contribution in [0.1, 0.15) is 254 Å².